The lowest BCUT2D eigenvalue weighted by Gasteiger charge is -2.34. The van der Waals surface area contributed by atoms with Crippen molar-refractivity contribution in [1.82, 2.24) is 9.80 Å². The molecule has 3 aromatic rings. The van der Waals surface area contributed by atoms with Gasteiger partial charge in [-0.15, -0.1) is 0 Å². The minimum absolute atomic E-state index is 0.164. The van der Waals surface area contributed by atoms with Crippen molar-refractivity contribution in [2.45, 2.75) is 0 Å². The number of rotatable bonds is 7. The van der Waals surface area contributed by atoms with Gasteiger partial charge in [0.05, 0.1) is 12.5 Å². The summed E-state index contributed by atoms with van der Waals surface area (Å²) in [4.78, 5) is 33.2. The number of piperazine rings is 1. The van der Waals surface area contributed by atoms with Gasteiger partial charge in [0, 0.05) is 26.2 Å². The molecule has 2 aromatic carbocycles. The number of benzene rings is 2. The van der Waals surface area contributed by atoms with E-state index in [1.807, 2.05) is 54.6 Å². The molecule has 1 aliphatic heterocycles. The summed E-state index contributed by atoms with van der Waals surface area (Å²) in [6.45, 7) is 1.61. The third-order valence-corrected chi connectivity index (χ3v) is 4.95. The standard InChI is InChI=1S/C24H23N3O5/c28-23(26-11-13-27(14-12-26)24(29)22-10-5-15-30-22)18-31-25-17-19-6-4-9-21(16-19)32-20-7-2-1-3-8-20/h1-10,15-17H,11-14,18H2/b25-17+. The van der Waals surface area contributed by atoms with Crippen molar-refractivity contribution < 1.29 is 23.6 Å². The molecule has 2 amide bonds. The van der Waals surface area contributed by atoms with E-state index in [0.717, 1.165) is 11.3 Å². The molecule has 0 radical (unpaired) electrons. The molecular weight excluding hydrogens is 410 g/mol. The number of para-hydroxylation sites is 1. The Morgan fingerprint density at radius 2 is 1.66 bits per heavy atom. The summed E-state index contributed by atoms with van der Waals surface area (Å²) in [5, 5.41) is 3.90. The highest BCUT2D eigenvalue weighted by molar-refractivity contribution is 5.91. The number of furan rings is 1. The molecule has 0 spiro atoms. The molecule has 1 aliphatic rings. The van der Waals surface area contributed by atoms with Gasteiger partial charge in [-0.05, 0) is 42.0 Å². The number of nitrogens with zero attached hydrogens (tertiary/aromatic N) is 3. The van der Waals surface area contributed by atoms with E-state index in [9.17, 15) is 9.59 Å². The highest BCUT2D eigenvalue weighted by Gasteiger charge is 2.26. The first-order valence-electron chi connectivity index (χ1n) is 10.3. The van der Waals surface area contributed by atoms with E-state index >= 15 is 0 Å². The summed E-state index contributed by atoms with van der Waals surface area (Å²) in [6.07, 6.45) is 3.00. The van der Waals surface area contributed by atoms with Crippen LogP contribution in [0.4, 0.5) is 0 Å². The monoisotopic (exact) mass is 433 g/mol. The molecular formula is C24H23N3O5. The molecule has 1 saturated heterocycles. The van der Waals surface area contributed by atoms with Crippen molar-refractivity contribution in [3.8, 4) is 11.5 Å². The van der Waals surface area contributed by atoms with Gasteiger partial charge in [-0.2, -0.15) is 0 Å². The van der Waals surface area contributed by atoms with Crippen LogP contribution in [0.2, 0.25) is 0 Å². The SMILES string of the molecule is O=C(CO/N=C/c1cccc(Oc2ccccc2)c1)N1CCN(C(=O)c2ccco2)CC1. The maximum absolute atomic E-state index is 12.4. The molecule has 8 heteroatoms. The average molecular weight is 433 g/mol. The maximum atomic E-state index is 12.4. The predicted molar refractivity (Wildman–Crippen MR) is 118 cm³/mol. The predicted octanol–water partition coefficient (Wildman–Crippen LogP) is 3.41. The summed E-state index contributed by atoms with van der Waals surface area (Å²) < 4.78 is 10.9. The van der Waals surface area contributed by atoms with Gasteiger partial charge in [0.25, 0.3) is 11.8 Å². The fraction of sp³-hybridized carbons (Fsp3) is 0.208. The summed E-state index contributed by atoms with van der Waals surface area (Å²) in [7, 11) is 0. The zero-order valence-corrected chi connectivity index (χ0v) is 17.4. The topological polar surface area (TPSA) is 84.6 Å². The zero-order chi connectivity index (χ0) is 22.2. The van der Waals surface area contributed by atoms with Crippen molar-refractivity contribution in [2.24, 2.45) is 5.16 Å². The van der Waals surface area contributed by atoms with E-state index in [0.29, 0.717) is 37.7 Å². The van der Waals surface area contributed by atoms with Crippen molar-refractivity contribution in [3.63, 3.8) is 0 Å². The molecule has 4 rings (SSSR count). The largest absolute Gasteiger partial charge is 0.459 e. The van der Waals surface area contributed by atoms with Crippen LogP contribution in [0.5, 0.6) is 11.5 Å². The molecule has 32 heavy (non-hydrogen) atoms. The van der Waals surface area contributed by atoms with Crippen LogP contribution in [0.15, 0.2) is 82.6 Å². The molecule has 8 nitrogen and oxygen atoms in total. The lowest BCUT2D eigenvalue weighted by atomic mass is 10.2. The first-order valence-corrected chi connectivity index (χ1v) is 10.3. The minimum atomic E-state index is -0.173. The highest BCUT2D eigenvalue weighted by Crippen LogP contribution is 2.21. The maximum Gasteiger partial charge on any atom is 0.289 e. The van der Waals surface area contributed by atoms with Gasteiger partial charge in [-0.25, -0.2) is 0 Å². The van der Waals surface area contributed by atoms with Crippen molar-refractivity contribution in [3.05, 3.63) is 84.3 Å². The van der Waals surface area contributed by atoms with E-state index in [4.69, 9.17) is 14.0 Å². The first kappa shape index (κ1) is 21.2. The smallest absolute Gasteiger partial charge is 0.289 e. The van der Waals surface area contributed by atoms with Crippen molar-refractivity contribution in [2.75, 3.05) is 32.8 Å². The summed E-state index contributed by atoms with van der Waals surface area (Å²) in [5.41, 5.74) is 0.788. The molecule has 0 unspecified atom stereocenters. The lowest BCUT2D eigenvalue weighted by molar-refractivity contribution is -0.137. The summed E-state index contributed by atoms with van der Waals surface area (Å²) in [6, 6.07) is 20.2. The van der Waals surface area contributed by atoms with E-state index in [2.05, 4.69) is 5.16 Å². The molecule has 2 heterocycles. The van der Waals surface area contributed by atoms with Gasteiger partial charge in [0.15, 0.2) is 12.4 Å². The van der Waals surface area contributed by atoms with E-state index in [-0.39, 0.29) is 18.4 Å². The Balaban J connectivity index is 1.21. The quantitative estimate of drug-likeness (QED) is 0.421. The number of oxime groups is 1. The number of carbonyl (C=O) groups excluding carboxylic acids is 2. The Hall–Kier alpha value is -4.07. The van der Waals surface area contributed by atoms with E-state index in [1.54, 1.807) is 21.9 Å². The second-order valence-electron chi connectivity index (χ2n) is 7.15. The van der Waals surface area contributed by atoms with Crippen LogP contribution >= 0.6 is 0 Å². The van der Waals surface area contributed by atoms with Gasteiger partial charge in [0.1, 0.15) is 11.5 Å². The summed E-state index contributed by atoms with van der Waals surface area (Å²) in [5.74, 6) is 1.39. The Kier molecular flexibility index (Phi) is 6.81. The van der Waals surface area contributed by atoms with Crippen molar-refractivity contribution in [1.29, 1.82) is 0 Å². The summed E-state index contributed by atoms with van der Waals surface area (Å²) >= 11 is 0. The molecule has 164 valence electrons. The molecule has 0 N–H and O–H groups in total. The fourth-order valence-corrected chi connectivity index (χ4v) is 3.28. The van der Waals surface area contributed by atoms with E-state index in [1.165, 1.54) is 12.5 Å². The van der Waals surface area contributed by atoms with Crippen LogP contribution in [-0.2, 0) is 9.63 Å². The second-order valence-corrected chi connectivity index (χ2v) is 7.15. The van der Waals surface area contributed by atoms with Crippen LogP contribution < -0.4 is 4.74 Å². The Bertz CT molecular complexity index is 1060. The second kappa shape index (κ2) is 10.3. The Morgan fingerprint density at radius 3 is 2.41 bits per heavy atom. The lowest BCUT2D eigenvalue weighted by Crippen LogP contribution is -2.51. The van der Waals surface area contributed by atoms with Crippen LogP contribution in [0, 0.1) is 0 Å². The number of hydrogen-bond acceptors (Lipinski definition) is 6. The number of ether oxygens (including phenoxy) is 1. The van der Waals surface area contributed by atoms with Crippen LogP contribution in [0.1, 0.15) is 16.1 Å². The van der Waals surface area contributed by atoms with Crippen LogP contribution in [-0.4, -0.2) is 60.6 Å². The third-order valence-electron chi connectivity index (χ3n) is 4.95. The van der Waals surface area contributed by atoms with Gasteiger partial charge >= 0.3 is 0 Å². The zero-order valence-electron chi connectivity index (χ0n) is 17.4. The average Bonchev–Trinajstić information content (AvgIpc) is 3.37. The van der Waals surface area contributed by atoms with Gasteiger partial charge < -0.3 is 23.8 Å². The first-order chi connectivity index (χ1) is 15.7. The Morgan fingerprint density at radius 1 is 0.906 bits per heavy atom. The van der Waals surface area contributed by atoms with E-state index < -0.39 is 0 Å². The highest BCUT2D eigenvalue weighted by atomic mass is 16.6. The number of amides is 2. The van der Waals surface area contributed by atoms with Crippen LogP contribution in [0.25, 0.3) is 0 Å². The Labute approximate surface area is 185 Å². The van der Waals surface area contributed by atoms with Crippen LogP contribution in [0.3, 0.4) is 0 Å². The van der Waals surface area contributed by atoms with Crippen molar-refractivity contribution >= 4 is 18.0 Å². The minimum Gasteiger partial charge on any atom is -0.459 e. The third kappa shape index (κ3) is 5.54. The molecule has 0 bridgehead atoms. The number of hydrogen-bond donors (Lipinski definition) is 0. The molecule has 1 aromatic heterocycles. The molecule has 0 atom stereocenters. The molecule has 1 fully saturated rings. The number of carbonyl (C=O) groups is 2. The fourth-order valence-electron chi connectivity index (χ4n) is 3.28. The molecule has 0 aliphatic carbocycles. The van der Waals surface area contributed by atoms with Gasteiger partial charge in [0.2, 0.25) is 0 Å². The van der Waals surface area contributed by atoms with Gasteiger partial charge in [-0.3, -0.25) is 9.59 Å². The van der Waals surface area contributed by atoms with Gasteiger partial charge in [-0.1, -0.05) is 35.5 Å². The normalized spacial score (nSPS) is 13.9. The molecule has 0 saturated carbocycles.